The number of hydrogen-bond acceptors (Lipinski definition) is 5. The van der Waals surface area contributed by atoms with E-state index in [2.05, 4.69) is 67.5 Å². The summed E-state index contributed by atoms with van der Waals surface area (Å²) in [5.41, 5.74) is 0. The van der Waals surface area contributed by atoms with Crippen LogP contribution in [0.3, 0.4) is 0 Å². The molecular weight excluding hydrogens is 620 g/mol. The van der Waals surface area contributed by atoms with Gasteiger partial charge in [0.1, 0.15) is 6.10 Å². The number of hydrogen-bond donors (Lipinski definition) is 1. The fourth-order valence-corrected chi connectivity index (χ4v) is 9.75. The number of esters is 2. The van der Waals surface area contributed by atoms with Crippen molar-refractivity contribution >= 4 is 11.9 Å². The molecule has 294 valence electrons. The molecule has 5 heteroatoms. The van der Waals surface area contributed by atoms with Crippen molar-refractivity contribution in [3.05, 3.63) is 12.2 Å². The predicted octanol–water partition coefficient (Wildman–Crippen LogP) is 12.7. The Bertz CT molecular complexity index is 898. The molecule has 0 heterocycles. The number of ether oxygens (including phenoxy) is 2. The molecule has 1 fully saturated rings. The van der Waals surface area contributed by atoms with Gasteiger partial charge in [0.2, 0.25) is 0 Å². The van der Waals surface area contributed by atoms with E-state index in [1.54, 1.807) is 0 Å². The minimum absolute atomic E-state index is 0.0781. The molecule has 10 atom stereocenters. The molecule has 6 unspecified atom stereocenters. The Balaban J connectivity index is 2.95. The highest BCUT2D eigenvalue weighted by atomic mass is 16.5. The standard InChI is InChI=1S/C45H84O5/c1-11-18-19-20-21-24-27-40-41(28-25-22-23-26-29-44(47)49-33(8)9)43(32-42(40)46)50-45(48)31-30-35(13-3)37(15-5)39(17-7)38(16-6)36(14-4)34(10)12-2/h22,25,33-43,46H,11-21,23-24,26-32H2,1-10H3/b25-22-/t34?,35?,36?,37?,38?,39?,40-,41-,42-,43+/m1/s1. The summed E-state index contributed by atoms with van der Waals surface area (Å²) in [6, 6.07) is 0. The summed E-state index contributed by atoms with van der Waals surface area (Å²) in [6.45, 7) is 22.6. The maximum absolute atomic E-state index is 13.6. The predicted molar refractivity (Wildman–Crippen MR) is 212 cm³/mol. The second-order valence-corrected chi connectivity index (χ2v) is 16.2. The van der Waals surface area contributed by atoms with Crippen LogP contribution >= 0.6 is 0 Å². The van der Waals surface area contributed by atoms with Gasteiger partial charge in [0, 0.05) is 25.2 Å². The van der Waals surface area contributed by atoms with Crippen LogP contribution in [0.15, 0.2) is 12.2 Å². The zero-order valence-electron chi connectivity index (χ0n) is 34.7. The van der Waals surface area contributed by atoms with Gasteiger partial charge in [-0.2, -0.15) is 0 Å². The SMILES string of the molecule is CCCCCCCC[C@@H]1[C@@H](C/C=C\CCCC(=O)OC(C)C)[C@@H](OC(=O)CCC(CC)C(CC)C(CC)C(CC)C(CC)C(C)CC)C[C@H]1O. The summed E-state index contributed by atoms with van der Waals surface area (Å²) in [5.74, 6) is 4.15. The van der Waals surface area contributed by atoms with Crippen LogP contribution in [-0.2, 0) is 19.1 Å². The molecule has 1 aliphatic rings. The zero-order chi connectivity index (χ0) is 37.5. The van der Waals surface area contributed by atoms with Gasteiger partial charge in [-0.15, -0.1) is 0 Å². The van der Waals surface area contributed by atoms with Crippen molar-refractivity contribution in [2.75, 3.05) is 0 Å². The fourth-order valence-electron chi connectivity index (χ4n) is 9.75. The quantitative estimate of drug-likeness (QED) is 0.0477. The van der Waals surface area contributed by atoms with E-state index in [0.29, 0.717) is 37.0 Å². The normalized spacial score (nSPS) is 23.1. The summed E-state index contributed by atoms with van der Waals surface area (Å²) in [4.78, 5) is 25.5. The van der Waals surface area contributed by atoms with E-state index in [1.807, 2.05) is 13.8 Å². The maximum atomic E-state index is 13.6. The van der Waals surface area contributed by atoms with Crippen LogP contribution in [-0.4, -0.2) is 35.4 Å². The second kappa shape index (κ2) is 27.3. The Labute approximate surface area is 310 Å². The van der Waals surface area contributed by atoms with E-state index in [9.17, 15) is 14.7 Å². The van der Waals surface area contributed by atoms with Crippen molar-refractivity contribution in [3.63, 3.8) is 0 Å². The van der Waals surface area contributed by atoms with Gasteiger partial charge in [0.15, 0.2) is 0 Å². The Morgan fingerprint density at radius 1 is 0.680 bits per heavy atom. The molecule has 0 aromatic heterocycles. The molecule has 0 spiro atoms. The second-order valence-electron chi connectivity index (χ2n) is 16.2. The van der Waals surface area contributed by atoms with Crippen molar-refractivity contribution in [2.45, 2.75) is 216 Å². The summed E-state index contributed by atoms with van der Waals surface area (Å²) in [5, 5.41) is 11.2. The average molecular weight is 705 g/mol. The van der Waals surface area contributed by atoms with Crippen LogP contribution < -0.4 is 0 Å². The van der Waals surface area contributed by atoms with E-state index in [1.165, 1.54) is 64.2 Å². The lowest BCUT2D eigenvalue weighted by atomic mass is 9.63. The highest BCUT2D eigenvalue weighted by Gasteiger charge is 2.43. The third-order valence-corrected chi connectivity index (χ3v) is 12.6. The van der Waals surface area contributed by atoms with Crippen LogP contribution in [0.1, 0.15) is 198 Å². The van der Waals surface area contributed by atoms with Crippen molar-refractivity contribution in [1.82, 2.24) is 0 Å². The van der Waals surface area contributed by atoms with Crippen molar-refractivity contribution < 1.29 is 24.2 Å². The van der Waals surface area contributed by atoms with E-state index in [-0.39, 0.29) is 36.0 Å². The van der Waals surface area contributed by atoms with E-state index >= 15 is 0 Å². The minimum atomic E-state index is -0.422. The lowest BCUT2D eigenvalue weighted by Gasteiger charge is -2.42. The highest BCUT2D eigenvalue weighted by Crippen LogP contribution is 2.44. The zero-order valence-corrected chi connectivity index (χ0v) is 34.7. The molecule has 1 rings (SSSR count). The van der Waals surface area contributed by atoms with E-state index < -0.39 is 6.10 Å². The molecule has 0 saturated heterocycles. The first kappa shape index (κ1) is 46.7. The first-order valence-corrected chi connectivity index (χ1v) is 21.7. The van der Waals surface area contributed by atoms with E-state index in [4.69, 9.17) is 9.47 Å². The van der Waals surface area contributed by atoms with Gasteiger partial charge in [-0.25, -0.2) is 0 Å². The van der Waals surface area contributed by atoms with Gasteiger partial charge in [0.25, 0.3) is 0 Å². The van der Waals surface area contributed by atoms with Gasteiger partial charge in [0.05, 0.1) is 12.2 Å². The molecule has 0 aromatic rings. The first-order valence-electron chi connectivity index (χ1n) is 21.7. The number of carbonyl (C=O) groups is 2. The Morgan fingerprint density at radius 3 is 1.88 bits per heavy atom. The molecule has 1 N–H and O–H groups in total. The monoisotopic (exact) mass is 705 g/mol. The number of unbranched alkanes of at least 4 members (excludes halogenated alkanes) is 6. The van der Waals surface area contributed by atoms with E-state index in [0.717, 1.165) is 62.7 Å². The number of allylic oxidation sites excluding steroid dienone is 2. The topological polar surface area (TPSA) is 72.8 Å². The third-order valence-electron chi connectivity index (χ3n) is 12.6. The molecule has 5 nitrogen and oxygen atoms in total. The molecular formula is C45H84O5. The van der Waals surface area contributed by atoms with Crippen LogP contribution in [0, 0.1) is 47.3 Å². The smallest absolute Gasteiger partial charge is 0.306 e. The van der Waals surface area contributed by atoms with Gasteiger partial charge < -0.3 is 14.6 Å². The van der Waals surface area contributed by atoms with Crippen LogP contribution in [0.25, 0.3) is 0 Å². The molecule has 50 heavy (non-hydrogen) atoms. The summed E-state index contributed by atoms with van der Waals surface area (Å²) < 4.78 is 11.6. The Kier molecular flexibility index (Phi) is 25.5. The molecule has 1 saturated carbocycles. The number of carbonyl (C=O) groups excluding carboxylic acids is 2. The summed E-state index contributed by atoms with van der Waals surface area (Å²) in [6.07, 6.45) is 23.9. The molecule has 0 aromatic carbocycles. The summed E-state index contributed by atoms with van der Waals surface area (Å²) >= 11 is 0. The van der Waals surface area contributed by atoms with Crippen LogP contribution in [0.5, 0.6) is 0 Å². The van der Waals surface area contributed by atoms with Gasteiger partial charge in [-0.1, -0.05) is 145 Å². The van der Waals surface area contributed by atoms with Crippen LogP contribution in [0.2, 0.25) is 0 Å². The molecule has 1 aliphatic carbocycles. The average Bonchev–Trinajstić information content (AvgIpc) is 3.38. The van der Waals surface area contributed by atoms with Crippen molar-refractivity contribution in [1.29, 1.82) is 0 Å². The van der Waals surface area contributed by atoms with Crippen LogP contribution in [0.4, 0.5) is 0 Å². The lowest BCUT2D eigenvalue weighted by molar-refractivity contribution is -0.152. The minimum Gasteiger partial charge on any atom is -0.463 e. The number of aliphatic hydroxyl groups excluding tert-OH is 1. The molecule has 0 aliphatic heterocycles. The van der Waals surface area contributed by atoms with Crippen molar-refractivity contribution in [2.24, 2.45) is 47.3 Å². The first-order chi connectivity index (χ1) is 24.0. The number of rotatable bonds is 29. The molecule has 0 amide bonds. The third kappa shape index (κ3) is 16.5. The highest BCUT2D eigenvalue weighted by molar-refractivity contribution is 5.70. The van der Waals surface area contributed by atoms with Crippen molar-refractivity contribution in [3.8, 4) is 0 Å². The number of aliphatic hydroxyl groups is 1. The van der Waals surface area contributed by atoms with Gasteiger partial charge in [-0.3, -0.25) is 9.59 Å². The fraction of sp³-hybridized carbons (Fsp3) is 0.911. The largest absolute Gasteiger partial charge is 0.463 e. The molecule has 0 radical (unpaired) electrons. The van der Waals surface area contributed by atoms with Gasteiger partial charge in [-0.05, 0) is 87.4 Å². The maximum Gasteiger partial charge on any atom is 0.306 e. The molecule has 0 bridgehead atoms. The Hall–Kier alpha value is -1.36. The summed E-state index contributed by atoms with van der Waals surface area (Å²) in [7, 11) is 0. The lowest BCUT2D eigenvalue weighted by Crippen LogP contribution is -2.35. The Morgan fingerprint density at radius 2 is 1.30 bits per heavy atom. The van der Waals surface area contributed by atoms with Gasteiger partial charge >= 0.3 is 11.9 Å².